The summed E-state index contributed by atoms with van der Waals surface area (Å²) in [6.07, 6.45) is 3.75. The van der Waals surface area contributed by atoms with E-state index in [1.54, 1.807) is 4.73 Å². The summed E-state index contributed by atoms with van der Waals surface area (Å²) in [4.78, 5) is 5.71. The second kappa shape index (κ2) is 4.26. The third kappa shape index (κ3) is 2.11. The van der Waals surface area contributed by atoms with Crippen molar-refractivity contribution in [2.45, 2.75) is 0 Å². The zero-order valence-electron chi connectivity index (χ0n) is 9.28. The Balaban J connectivity index is 1.95. The lowest BCUT2D eigenvalue weighted by Gasteiger charge is -1.92. The standard InChI is InChI=1S/C15H12NO/c1-3-7-13-11-15(12-14(13)8-4-1)17-16-9-5-2-6-10-16/h1-12H/q+1. The summed E-state index contributed by atoms with van der Waals surface area (Å²) in [7, 11) is 0. The van der Waals surface area contributed by atoms with Crippen LogP contribution in [0.1, 0.15) is 0 Å². The van der Waals surface area contributed by atoms with E-state index in [1.165, 1.54) is 11.1 Å². The van der Waals surface area contributed by atoms with Crippen LogP contribution in [0.2, 0.25) is 0 Å². The van der Waals surface area contributed by atoms with Gasteiger partial charge in [-0.25, -0.2) is 4.84 Å². The highest BCUT2D eigenvalue weighted by atomic mass is 16.7. The summed E-state index contributed by atoms with van der Waals surface area (Å²) >= 11 is 0. The van der Waals surface area contributed by atoms with E-state index in [2.05, 4.69) is 12.1 Å². The zero-order valence-corrected chi connectivity index (χ0v) is 9.28. The van der Waals surface area contributed by atoms with E-state index in [4.69, 9.17) is 4.84 Å². The molecule has 2 aliphatic rings. The number of nitrogens with zero attached hydrogens (tertiary/aromatic N) is 1. The van der Waals surface area contributed by atoms with Gasteiger partial charge >= 0.3 is 0 Å². The van der Waals surface area contributed by atoms with Crippen molar-refractivity contribution in [3.63, 3.8) is 0 Å². The summed E-state index contributed by atoms with van der Waals surface area (Å²) in [5.41, 5.74) is 2.36. The number of pyridine rings is 1. The van der Waals surface area contributed by atoms with Crippen molar-refractivity contribution < 1.29 is 9.57 Å². The van der Waals surface area contributed by atoms with Gasteiger partial charge in [0.05, 0.1) is 0 Å². The molecule has 0 atom stereocenters. The molecule has 3 rings (SSSR count). The van der Waals surface area contributed by atoms with Crippen LogP contribution in [0.3, 0.4) is 0 Å². The van der Waals surface area contributed by atoms with Gasteiger partial charge in [-0.3, -0.25) is 0 Å². The molecule has 0 fully saturated rings. The van der Waals surface area contributed by atoms with E-state index in [9.17, 15) is 0 Å². The van der Waals surface area contributed by atoms with Gasteiger partial charge in [0, 0.05) is 16.9 Å². The molecule has 0 radical (unpaired) electrons. The summed E-state index contributed by atoms with van der Waals surface area (Å²) in [6.45, 7) is 0. The fraction of sp³-hybridized carbons (Fsp3) is 0. The van der Waals surface area contributed by atoms with E-state index in [-0.39, 0.29) is 0 Å². The van der Waals surface area contributed by atoms with Crippen LogP contribution >= 0.6 is 0 Å². The van der Waals surface area contributed by atoms with Crippen LogP contribution in [0, 0.1) is 0 Å². The summed E-state index contributed by atoms with van der Waals surface area (Å²) in [5.74, 6) is 0.849. The van der Waals surface area contributed by atoms with Crippen LogP contribution in [0.15, 0.2) is 73.1 Å². The molecule has 17 heavy (non-hydrogen) atoms. The van der Waals surface area contributed by atoms with Gasteiger partial charge in [0.2, 0.25) is 18.1 Å². The first-order chi connectivity index (χ1) is 8.42. The summed E-state index contributed by atoms with van der Waals surface area (Å²) in [5, 5.41) is 0. The lowest BCUT2D eigenvalue weighted by Crippen LogP contribution is -2.38. The van der Waals surface area contributed by atoms with Crippen LogP contribution in [0.25, 0.3) is 11.1 Å². The van der Waals surface area contributed by atoms with Gasteiger partial charge in [-0.15, -0.1) is 0 Å². The Morgan fingerprint density at radius 2 is 1.29 bits per heavy atom. The molecule has 1 heterocycles. The van der Waals surface area contributed by atoms with Gasteiger partial charge in [0.15, 0.2) is 0 Å². The molecule has 2 nitrogen and oxygen atoms in total. The van der Waals surface area contributed by atoms with Crippen molar-refractivity contribution in [2.24, 2.45) is 0 Å². The second-order valence-electron chi connectivity index (χ2n) is 3.84. The van der Waals surface area contributed by atoms with Gasteiger partial charge in [-0.2, -0.15) is 0 Å². The molecule has 0 unspecified atom stereocenters. The smallest absolute Gasteiger partial charge is 0.223 e. The van der Waals surface area contributed by atoms with Crippen molar-refractivity contribution >= 4 is 0 Å². The highest BCUT2D eigenvalue weighted by Crippen LogP contribution is 2.28. The SMILES string of the molecule is c1ccc2cc(O[n+]3ccccc3)cc-2cc1. The molecule has 0 saturated carbocycles. The predicted molar refractivity (Wildman–Crippen MR) is 65.7 cm³/mol. The van der Waals surface area contributed by atoms with Crippen LogP contribution < -0.4 is 9.57 Å². The van der Waals surface area contributed by atoms with Gasteiger partial charge < -0.3 is 0 Å². The molecule has 82 valence electrons. The molecule has 0 aliphatic heterocycles. The number of rotatable bonds is 2. The molecule has 0 aromatic carbocycles. The molecule has 0 saturated heterocycles. The number of fused-ring (bicyclic) bond motifs is 1. The predicted octanol–water partition coefficient (Wildman–Crippen LogP) is 2.92. The first-order valence-electron chi connectivity index (χ1n) is 5.55. The highest BCUT2D eigenvalue weighted by Gasteiger charge is 2.09. The fourth-order valence-electron chi connectivity index (χ4n) is 1.80. The molecule has 2 aliphatic carbocycles. The Hall–Kier alpha value is -2.35. The van der Waals surface area contributed by atoms with Crippen molar-refractivity contribution in [3.8, 4) is 16.9 Å². The Kier molecular flexibility index (Phi) is 2.47. The van der Waals surface area contributed by atoms with Crippen LogP contribution in [0.5, 0.6) is 5.75 Å². The van der Waals surface area contributed by atoms with Crippen molar-refractivity contribution in [3.05, 3.63) is 73.1 Å². The highest BCUT2D eigenvalue weighted by molar-refractivity contribution is 5.69. The number of hydrogen-bond acceptors (Lipinski definition) is 1. The monoisotopic (exact) mass is 222 g/mol. The molecular weight excluding hydrogens is 210 g/mol. The van der Waals surface area contributed by atoms with Gasteiger partial charge in [-0.1, -0.05) is 36.4 Å². The van der Waals surface area contributed by atoms with Gasteiger partial charge in [0.25, 0.3) is 0 Å². The molecule has 1 aromatic heterocycles. The van der Waals surface area contributed by atoms with E-state index >= 15 is 0 Å². The molecule has 1 aromatic rings. The zero-order chi connectivity index (χ0) is 11.5. The molecule has 0 N–H and O–H groups in total. The largest absolute Gasteiger partial charge is 0.231 e. The van der Waals surface area contributed by atoms with Crippen LogP contribution in [-0.2, 0) is 0 Å². The lowest BCUT2D eigenvalue weighted by molar-refractivity contribution is -0.875. The summed E-state index contributed by atoms with van der Waals surface area (Å²) in [6, 6.07) is 20.1. The Labute approximate surface area is 100 Å². The van der Waals surface area contributed by atoms with Gasteiger partial charge in [-0.05, 0) is 23.3 Å². The van der Waals surface area contributed by atoms with E-state index in [1.807, 2.05) is 60.9 Å². The Morgan fingerprint density at radius 1 is 0.706 bits per heavy atom. The van der Waals surface area contributed by atoms with E-state index in [0.29, 0.717) is 0 Å². The second-order valence-corrected chi connectivity index (χ2v) is 3.84. The van der Waals surface area contributed by atoms with Crippen molar-refractivity contribution in [1.82, 2.24) is 0 Å². The van der Waals surface area contributed by atoms with Gasteiger partial charge in [0.1, 0.15) is 0 Å². The number of hydrogen-bond donors (Lipinski definition) is 0. The Morgan fingerprint density at radius 3 is 1.94 bits per heavy atom. The molecule has 2 heteroatoms. The van der Waals surface area contributed by atoms with E-state index < -0.39 is 0 Å². The maximum absolute atomic E-state index is 5.71. The molecular formula is C15H12NO+. The maximum atomic E-state index is 5.71. The third-order valence-electron chi connectivity index (χ3n) is 2.60. The number of aromatic nitrogens is 1. The van der Waals surface area contributed by atoms with Crippen LogP contribution in [-0.4, -0.2) is 0 Å². The summed E-state index contributed by atoms with van der Waals surface area (Å²) < 4.78 is 1.69. The minimum absolute atomic E-state index is 0.849. The first-order valence-corrected chi connectivity index (χ1v) is 5.55. The van der Waals surface area contributed by atoms with E-state index in [0.717, 1.165) is 5.75 Å². The Bertz CT molecular complexity index is 561. The maximum Gasteiger partial charge on any atom is 0.223 e. The molecule has 0 bridgehead atoms. The van der Waals surface area contributed by atoms with Crippen LogP contribution in [0.4, 0.5) is 0 Å². The fourth-order valence-corrected chi connectivity index (χ4v) is 1.80. The lowest BCUT2D eigenvalue weighted by atomic mass is 10.2. The van der Waals surface area contributed by atoms with Crippen molar-refractivity contribution in [1.29, 1.82) is 0 Å². The normalized spacial score (nSPS) is 10.4. The third-order valence-corrected chi connectivity index (χ3v) is 2.60. The van der Waals surface area contributed by atoms with Crippen molar-refractivity contribution in [2.75, 3.05) is 0 Å². The minimum Gasteiger partial charge on any atom is -0.231 e. The average Bonchev–Trinajstić information content (AvgIpc) is 2.60. The first kappa shape index (κ1) is 9.85. The molecule has 0 spiro atoms. The minimum atomic E-state index is 0.849. The topological polar surface area (TPSA) is 13.1 Å². The quantitative estimate of drug-likeness (QED) is 0.608. The molecule has 0 amide bonds. The average molecular weight is 222 g/mol.